The van der Waals surface area contributed by atoms with Gasteiger partial charge in [-0.3, -0.25) is 4.79 Å². The van der Waals surface area contributed by atoms with Crippen molar-refractivity contribution in [3.05, 3.63) is 61.7 Å². The maximum atomic E-state index is 14.8. The summed E-state index contributed by atoms with van der Waals surface area (Å²) in [7, 11) is 0. The Balaban J connectivity index is 1.67. The van der Waals surface area contributed by atoms with Gasteiger partial charge < -0.3 is 25.3 Å². The molecule has 0 amide bonds. The molecule has 6 rings (SSSR count). The van der Waals surface area contributed by atoms with Crippen LogP contribution in [-0.4, -0.2) is 38.4 Å². The maximum Gasteiger partial charge on any atom is 0.340 e. The molecule has 4 heterocycles. The van der Waals surface area contributed by atoms with E-state index in [1.807, 2.05) is 0 Å². The van der Waals surface area contributed by atoms with Gasteiger partial charge in [-0.1, -0.05) is 0 Å². The number of rotatable bonds is 3. The lowest BCUT2D eigenvalue weighted by Gasteiger charge is -2.32. The van der Waals surface area contributed by atoms with Crippen LogP contribution in [0.1, 0.15) is 58.2 Å². The molecule has 1 aromatic carbocycles. The fraction of sp³-hybridized carbons (Fsp3) is 0.400. The predicted octanol–water partition coefficient (Wildman–Crippen LogP) is 1.70. The number of aromatic nitrogens is 2. The summed E-state index contributed by atoms with van der Waals surface area (Å²) in [6.07, 6.45) is 0.241. The molecule has 0 radical (unpaired) electrons. The monoisotopic (exact) mass is 465 g/mol. The Bertz CT molecular complexity index is 1460. The normalized spacial score (nSPS) is 21.1. The summed E-state index contributed by atoms with van der Waals surface area (Å²) < 4.78 is 21.4. The summed E-state index contributed by atoms with van der Waals surface area (Å²) >= 11 is 0. The molecule has 34 heavy (non-hydrogen) atoms. The van der Waals surface area contributed by atoms with Crippen molar-refractivity contribution in [2.45, 2.75) is 57.4 Å². The number of aryl methyl sites for hydroxylation is 1. The largest absolute Gasteiger partial charge is 0.458 e. The smallest absolute Gasteiger partial charge is 0.340 e. The third kappa shape index (κ3) is 2.77. The molecular formula is C25H24FN3O5. The number of carbonyl (C=O) groups is 1. The van der Waals surface area contributed by atoms with Gasteiger partial charge in [0.1, 0.15) is 12.4 Å². The number of hydrogen-bond acceptors (Lipinski definition) is 7. The van der Waals surface area contributed by atoms with Gasteiger partial charge in [0.05, 0.1) is 29.0 Å². The highest BCUT2D eigenvalue weighted by Gasteiger charge is 2.38. The molecule has 2 aromatic heterocycles. The van der Waals surface area contributed by atoms with Crippen LogP contribution in [-0.2, 0) is 29.1 Å². The molecule has 0 saturated heterocycles. The maximum absolute atomic E-state index is 14.8. The lowest BCUT2D eigenvalue weighted by Crippen LogP contribution is -2.33. The number of pyridine rings is 2. The standard InChI is InChI=1S/C25H24FN3O5/c1-10-11-2-3-12(17(27)4-5-30)20-14-8-29-19(22(14)28-18(21(11)20)7-16(10)26)6-13-15(24(29)32)9-34-25(33)23(13)31/h6-7,12,17,23,30-31H,2-5,8-9,27H2,1H3. The molecule has 3 atom stereocenters. The van der Waals surface area contributed by atoms with Crippen molar-refractivity contribution in [1.29, 1.82) is 0 Å². The first-order valence-corrected chi connectivity index (χ1v) is 11.4. The number of ether oxygens (including phenoxy) is 1. The van der Waals surface area contributed by atoms with Crippen LogP contribution in [0.15, 0.2) is 16.9 Å². The van der Waals surface area contributed by atoms with Crippen LogP contribution >= 0.6 is 0 Å². The summed E-state index contributed by atoms with van der Waals surface area (Å²) in [5, 5.41) is 20.8. The number of nitrogens with zero attached hydrogens (tertiary/aromatic N) is 2. The number of aliphatic hydroxyl groups is 2. The topological polar surface area (TPSA) is 128 Å². The molecule has 2 aliphatic heterocycles. The summed E-state index contributed by atoms with van der Waals surface area (Å²) in [5.41, 5.74) is 11.4. The lowest BCUT2D eigenvalue weighted by molar-refractivity contribution is -0.157. The molecule has 3 unspecified atom stereocenters. The molecule has 3 aromatic rings. The zero-order valence-electron chi connectivity index (χ0n) is 18.6. The Labute approximate surface area is 193 Å². The van der Waals surface area contributed by atoms with E-state index in [9.17, 15) is 24.2 Å². The van der Waals surface area contributed by atoms with Gasteiger partial charge in [0.25, 0.3) is 5.56 Å². The highest BCUT2D eigenvalue weighted by atomic mass is 19.1. The fourth-order valence-corrected chi connectivity index (χ4v) is 5.92. The third-order valence-corrected chi connectivity index (χ3v) is 7.67. The minimum Gasteiger partial charge on any atom is -0.458 e. The van der Waals surface area contributed by atoms with Gasteiger partial charge in [-0.05, 0) is 48.9 Å². The third-order valence-electron chi connectivity index (χ3n) is 7.67. The number of carbonyl (C=O) groups excluding carboxylic acids is 1. The van der Waals surface area contributed by atoms with Crippen LogP contribution in [0.3, 0.4) is 0 Å². The van der Waals surface area contributed by atoms with Crippen LogP contribution in [0, 0.1) is 12.7 Å². The van der Waals surface area contributed by atoms with E-state index in [0.29, 0.717) is 41.7 Å². The summed E-state index contributed by atoms with van der Waals surface area (Å²) in [4.78, 5) is 30.0. The van der Waals surface area contributed by atoms with Crippen LogP contribution in [0.4, 0.5) is 4.39 Å². The van der Waals surface area contributed by atoms with E-state index in [4.69, 9.17) is 15.5 Å². The average molecular weight is 465 g/mol. The second kappa shape index (κ2) is 7.43. The zero-order chi connectivity index (χ0) is 23.9. The Morgan fingerprint density at radius 1 is 1.29 bits per heavy atom. The number of halogens is 1. The first kappa shape index (κ1) is 21.4. The minimum absolute atomic E-state index is 0.0400. The lowest BCUT2D eigenvalue weighted by atomic mass is 9.75. The summed E-state index contributed by atoms with van der Waals surface area (Å²) in [6.45, 7) is 1.79. The Morgan fingerprint density at radius 3 is 2.85 bits per heavy atom. The van der Waals surface area contributed by atoms with E-state index in [0.717, 1.165) is 22.1 Å². The molecule has 8 nitrogen and oxygen atoms in total. The molecule has 3 aliphatic rings. The molecular weight excluding hydrogens is 441 g/mol. The molecule has 0 saturated carbocycles. The quantitative estimate of drug-likeness (QED) is 0.393. The van der Waals surface area contributed by atoms with Gasteiger partial charge in [0, 0.05) is 41.1 Å². The van der Waals surface area contributed by atoms with Gasteiger partial charge in [-0.2, -0.15) is 0 Å². The van der Waals surface area contributed by atoms with Crippen LogP contribution in [0.5, 0.6) is 0 Å². The number of nitrogens with two attached hydrogens (primary N) is 1. The van der Waals surface area contributed by atoms with E-state index in [1.54, 1.807) is 17.6 Å². The highest BCUT2D eigenvalue weighted by Crippen LogP contribution is 2.46. The molecule has 176 valence electrons. The molecule has 1 aliphatic carbocycles. The highest BCUT2D eigenvalue weighted by molar-refractivity contribution is 5.93. The fourth-order valence-electron chi connectivity index (χ4n) is 5.92. The van der Waals surface area contributed by atoms with Crippen molar-refractivity contribution in [1.82, 2.24) is 9.55 Å². The van der Waals surface area contributed by atoms with Crippen LogP contribution in [0.2, 0.25) is 0 Å². The van der Waals surface area contributed by atoms with Gasteiger partial charge in [-0.15, -0.1) is 0 Å². The van der Waals surface area contributed by atoms with Crippen molar-refractivity contribution in [3.8, 4) is 11.4 Å². The Morgan fingerprint density at radius 2 is 2.09 bits per heavy atom. The average Bonchev–Trinajstić information content (AvgIpc) is 3.19. The summed E-state index contributed by atoms with van der Waals surface area (Å²) in [6, 6.07) is 2.74. The predicted molar refractivity (Wildman–Crippen MR) is 121 cm³/mol. The van der Waals surface area contributed by atoms with E-state index >= 15 is 0 Å². The number of esters is 1. The Hall–Kier alpha value is -3.14. The number of aliphatic hydroxyl groups excluding tert-OH is 2. The van der Waals surface area contributed by atoms with E-state index < -0.39 is 12.1 Å². The van der Waals surface area contributed by atoms with Crippen LogP contribution in [0.25, 0.3) is 22.3 Å². The van der Waals surface area contributed by atoms with Gasteiger partial charge in [0.15, 0.2) is 6.10 Å². The van der Waals surface area contributed by atoms with Crippen molar-refractivity contribution in [3.63, 3.8) is 0 Å². The van der Waals surface area contributed by atoms with Crippen molar-refractivity contribution in [2.75, 3.05) is 6.61 Å². The molecule has 4 N–H and O–H groups in total. The number of hydrogen-bond donors (Lipinski definition) is 3. The van der Waals surface area contributed by atoms with E-state index in [2.05, 4.69) is 0 Å². The van der Waals surface area contributed by atoms with E-state index in [1.165, 1.54) is 6.07 Å². The van der Waals surface area contributed by atoms with Gasteiger partial charge >= 0.3 is 5.97 Å². The zero-order valence-corrected chi connectivity index (χ0v) is 18.6. The van der Waals surface area contributed by atoms with Crippen LogP contribution < -0.4 is 11.3 Å². The van der Waals surface area contributed by atoms with Crippen molar-refractivity contribution in [2.24, 2.45) is 5.73 Å². The number of fused-ring (bicyclic) bond motifs is 5. The molecule has 0 spiro atoms. The number of benzene rings is 1. The molecule has 9 heteroatoms. The van der Waals surface area contributed by atoms with Crippen molar-refractivity contribution < 1.29 is 24.1 Å². The van der Waals surface area contributed by atoms with Gasteiger partial charge in [0.2, 0.25) is 0 Å². The first-order valence-electron chi connectivity index (χ1n) is 11.4. The second-order valence-electron chi connectivity index (χ2n) is 9.40. The van der Waals surface area contributed by atoms with E-state index in [-0.39, 0.29) is 54.2 Å². The molecule has 0 fully saturated rings. The Kier molecular flexibility index (Phi) is 4.68. The SMILES string of the molecule is Cc1c(F)cc2nc3c(c4c2c1CCC4C(N)CCO)Cn1c-3cc2c(c1=O)COC(=O)C2O. The summed E-state index contributed by atoms with van der Waals surface area (Å²) in [5.74, 6) is -1.22. The number of cyclic esters (lactones) is 1. The van der Waals surface area contributed by atoms with Crippen molar-refractivity contribution >= 4 is 16.9 Å². The first-order chi connectivity index (χ1) is 16.3. The van der Waals surface area contributed by atoms with Gasteiger partial charge in [-0.25, -0.2) is 14.2 Å². The molecule has 0 bridgehead atoms. The minimum atomic E-state index is -1.54. The second-order valence-corrected chi connectivity index (χ2v) is 9.40.